The second kappa shape index (κ2) is 8.67. The van der Waals surface area contributed by atoms with E-state index in [1.165, 1.54) is 46.4 Å². The highest BCUT2D eigenvalue weighted by Crippen LogP contribution is 2.35. The molecule has 5 rings (SSSR count). The van der Waals surface area contributed by atoms with Gasteiger partial charge >= 0.3 is 0 Å². The molecule has 0 radical (unpaired) electrons. The number of anilines is 1. The maximum atomic E-state index is 4.31. The van der Waals surface area contributed by atoms with E-state index < -0.39 is 0 Å². The van der Waals surface area contributed by atoms with Gasteiger partial charge in [0.2, 0.25) is 0 Å². The smallest absolute Gasteiger partial charge is 0.138 e. The molecule has 3 aromatic rings. The van der Waals surface area contributed by atoms with Crippen molar-refractivity contribution in [1.29, 1.82) is 0 Å². The van der Waals surface area contributed by atoms with E-state index in [0.29, 0.717) is 6.04 Å². The van der Waals surface area contributed by atoms with Crippen LogP contribution in [0, 0.1) is 6.92 Å². The van der Waals surface area contributed by atoms with E-state index in [1.54, 1.807) is 6.33 Å². The van der Waals surface area contributed by atoms with Gasteiger partial charge in [-0.15, -0.1) is 0 Å². The first-order valence-corrected chi connectivity index (χ1v) is 11.4. The van der Waals surface area contributed by atoms with Gasteiger partial charge in [-0.2, -0.15) is 5.10 Å². The number of hydrogen-bond acceptors (Lipinski definition) is 4. The highest BCUT2D eigenvalue weighted by Gasteiger charge is 2.21. The molecule has 1 fully saturated rings. The Labute approximate surface area is 184 Å². The third-order valence-corrected chi connectivity index (χ3v) is 6.78. The average molecular weight is 414 g/mol. The van der Waals surface area contributed by atoms with Crippen LogP contribution in [0.3, 0.4) is 0 Å². The fourth-order valence-corrected chi connectivity index (χ4v) is 4.88. The third kappa shape index (κ3) is 4.28. The van der Waals surface area contributed by atoms with Crippen molar-refractivity contribution in [2.24, 2.45) is 7.05 Å². The summed E-state index contributed by atoms with van der Waals surface area (Å²) >= 11 is 0. The lowest BCUT2D eigenvalue weighted by molar-refractivity contribution is 0.415. The highest BCUT2D eigenvalue weighted by molar-refractivity contribution is 5.90. The zero-order valence-corrected chi connectivity index (χ0v) is 18.5. The van der Waals surface area contributed by atoms with Gasteiger partial charge in [0.1, 0.15) is 12.2 Å². The number of benzene rings is 2. The molecule has 5 nitrogen and oxygen atoms in total. The molecular formula is C26H31N5. The molecule has 0 spiro atoms. The van der Waals surface area contributed by atoms with E-state index in [9.17, 15) is 0 Å². The zero-order chi connectivity index (χ0) is 21.2. The molecule has 1 aliphatic heterocycles. The number of rotatable bonds is 6. The molecule has 2 aliphatic rings. The first kappa shape index (κ1) is 20.0. The van der Waals surface area contributed by atoms with Gasteiger partial charge in [-0.25, -0.2) is 4.98 Å². The van der Waals surface area contributed by atoms with Crippen molar-refractivity contribution in [1.82, 2.24) is 20.1 Å². The number of hydrogen-bond donors (Lipinski definition) is 1. The number of fused-ring (bicyclic) bond motifs is 1. The van der Waals surface area contributed by atoms with Crippen molar-refractivity contribution >= 4 is 17.3 Å². The minimum Gasteiger partial charge on any atom is -0.371 e. The third-order valence-electron chi connectivity index (χ3n) is 6.78. The SMILES string of the molecule is Cc1ccc(N2CCC(NCCc3ncnn3C)CC2)cc1C1=Cc2ccccc2C1. The van der Waals surface area contributed by atoms with Crippen molar-refractivity contribution < 1.29 is 0 Å². The number of nitrogens with one attached hydrogen (secondary N) is 1. The number of allylic oxidation sites excluding steroid dienone is 1. The topological polar surface area (TPSA) is 46.0 Å². The lowest BCUT2D eigenvalue weighted by Gasteiger charge is -2.34. The van der Waals surface area contributed by atoms with Gasteiger partial charge in [0.25, 0.3) is 0 Å². The fraction of sp³-hybridized carbons (Fsp3) is 0.385. The zero-order valence-electron chi connectivity index (χ0n) is 18.5. The summed E-state index contributed by atoms with van der Waals surface area (Å²) in [6, 6.07) is 16.3. The van der Waals surface area contributed by atoms with Crippen molar-refractivity contribution in [3.05, 3.63) is 76.9 Å². The standard InChI is InChI=1S/C26H31N5/c1-19-7-8-24(17-25(19)22-15-20-5-3-4-6-21(20)16-22)31-13-10-23(11-14-31)27-12-9-26-28-18-29-30(26)2/h3-8,15,17-18,23,27H,9-14,16H2,1-2H3. The molecule has 1 N–H and O–H groups in total. The summed E-state index contributed by atoms with van der Waals surface area (Å²) in [6.07, 6.45) is 8.32. The predicted octanol–water partition coefficient (Wildman–Crippen LogP) is 4.02. The quantitative estimate of drug-likeness (QED) is 0.663. The van der Waals surface area contributed by atoms with Crippen molar-refractivity contribution in [3.63, 3.8) is 0 Å². The Kier molecular flexibility index (Phi) is 5.60. The summed E-state index contributed by atoms with van der Waals surface area (Å²) < 4.78 is 1.86. The highest BCUT2D eigenvalue weighted by atomic mass is 15.3. The van der Waals surface area contributed by atoms with Crippen LogP contribution in [0.5, 0.6) is 0 Å². The molecule has 0 saturated carbocycles. The average Bonchev–Trinajstić information content (AvgIpc) is 3.40. The van der Waals surface area contributed by atoms with Crippen LogP contribution < -0.4 is 10.2 Å². The fourth-order valence-electron chi connectivity index (χ4n) is 4.88. The number of nitrogens with zero attached hydrogens (tertiary/aromatic N) is 4. The molecule has 5 heteroatoms. The Morgan fingerprint density at radius 2 is 1.94 bits per heavy atom. The van der Waals surface area contributed by atoms with Crippen molar-refractivity contribution in [3.8, 4) is 0 Å². The number of piperidine rings is 1. The molecule has 2 aromatic carbocycles. The van der Waals surface area contributed by atoms with Crippen LogP contribution in [0.15, 0.2) is 48.8 Å². The molecule has 0 unspecified atom stereocenters. The van der Waals surface area contributed by atoms with Crippen molar-refractivity contribution in [2.45, 2.75) is 38.6 Å². The van der Waals surface area contributed by atoms with Gasteiger partial charge in [0, 0.05) is 44.8 Å². The summed E-state index contributed by atoms with van der Waals surface area (Å²) in [6.45, 7) is 5.39. The summed E-state index contributed by atoms with van der Waals surface area (Å²) in [4.78, 5) is 6.86. The Bertz CT molecular complexity index is 1090. The van der Waals surface area contributed by atoms with Crippen LogP contribution in [0.2, 0.25) is 0 Å². The van der Waals surface area contributed by atoms with Crippen LogP contribution in [-0.4, -0.2) is 40.4 Å². The minimum atomic E-state index is 0.585. The maximum absolute atomic E-state index is 4.31. The predicted molar refractivity (Wildman–Crippen MR) is 127 cm³/mol. The lowest BCUT2D eigenvalue weighted by Crippen LogP contribution is -2.43. The van der Waals surface area contributed by atoms with Crippen LogP contribution in [-0.2, 0) is 19.9 Å². The Balaban J connectivity index is 1.19. The number of aryl methyl sites for hydroxylation is 2. The summed E-state index contributed by atoms with van der Waals surface area (Å²) in [5.41, 5.74) is 8.38. The Morgan fingerprint density at radius 3 is 2.71 bits per heavy atom. The molecule has 31 heavy (non-hydrogen) atoms. The summed E-state index contributed by atoms with van der Waals surface area (Å²) in [7, 11) is 1.96. The lowest BCUT2D eigenvalue weighted by atomic mass is 9.97. The van der Waals surface area contributed by atoms with E-state index in [2.05, 4.69) is 75.8 Å². The Hall–Kier alpha value is -2.92. The van der Waals surface area contributed by atoms with Gasteiger partial charge in [-0.05, 0) is 66.1 Å². The van der Waals surface area contributed by atoms with Crippen LogP contribution in [0.4, 0.5) is 5.69 Å². The van der Waals surface area contributed by atoms with Gasteiger partial charge in [-0.1, -0.05) is 36.4 Å². The first-order valence-electron chi connectivity index (χ1n) is 11.4. The largest absolute Gasteiger partial charge is 0.371 e. The molecule has 160 valence electrons. The second-order valence-electron chi connectivity index (χ2n) is 8.81. The Morgan fingerprint density at radius 1 is 1.10 bits per heavy atom. The molecule has 1 aromatic heterocycles. The summed E-state index contributed by atoms with van der Waals surface area (Å²) in [5, 5.41) is 7.86. The van der Waals surface area contributed by atoms with E-state index in [0.717, 1.165) is 38.3 Å². The first-order chi connectivity index (χ1) is 15.2. The monoisotopic (exact) mass is 413 g/mol. The van der Waals surface area contributed by atoms with E-state index in [1.807, 2.05) is 11.7 Å². The van der Waals surface area contributed by atoms with Crippen LogP contribution in [0.25, 0.3) is 11.6 Å². The minimum absolute atomic E-state index is 0.585. The van der Waals surface area contributed by atoms with Gasteiger partial charge in [0.05, 0.1) is 0 Å². The van der Waals surface area contributed by atoms with E-state index in [-0.39, 0.29) is 0 Å². The van der Waals surface area contributed by atoms with Gasteiger partial charge in [-0.3, -0.25) is 4.68 Å². The molecule has 0 bridgehead atoms. The molecule has 0 atom stereocenters. The molecular weight excluding hydrogens is 382 g/mol. The molecule has 1 saturated heterocycles. The van der Waals surface area contributed by atoms with Gasteiger partial charge < -0.3 is 10.2 Å². The van der Waals surface area contributed by atoms with Crippen LogP contribution >= 0.6 is 0 Å². The molecule has 1 aliphatic carbocycles. The normalized spacial score (nSPS) is 16.5. The van der Waals surface area contributed by atoms with E-state index in [4.69, 9.17) is 0 Å². The summed E-state index contributed by atoms with van der Waals surface area (Å²) in [5.74, 6) is 1.04. The molecule has 0 amide bonds. The van der Waals surface area contributed by atoms with E-state index >= 15 is 0 Å². The van der Waals surface area contributed by atoms with Gasteiger partial charge in [0.15, 0.2) is 0 Å². The maximum Gasteiger partial charge on any atom is 0.138 e. The second-order valence-corrected chi connectivity index (χ2v) is 8.81. The molecule has 2 heterocycles. The number of aromatic nitrogens is 3. The van der Waals surface area contributed by atoms with Crippen LogP contribution in [0.1, 0.15) is 40.9 Å². The van der Waals surface area contributed by atoms with Crippen molar-refractivity contribution in [2.75, 3.05) is 24.5 Å².